The van der Waals surface area contributed by atoms with E-state index in [0.29, 0.717) is 18.8 Å². The zero-order valence-electron chi connectivity index (χ0n) is 7.23. The topological polar surface area (TPSA) is 53.2 Å². The molecule has 0 saturated carbocycles. The van der Waals surface area contributed by atoms with Crippen LogP contribution in [0.1, 0.15) is 12.0 Å². The zero-order chi connectivity index (χ0) is 9.52. The number of nitrogens with zero attached hydrogens (tertiary/aromatic N) is 1. The van der Waals surface area contributed by atoms with Crippen molar-refractivity contribution in [2.75, 3.05) is 6.61 Å². The second-order valence-electron chi connectivity index (χ2n) is 2.56. The van der Waals surface area contributed by atoms with Crippen LogP contribution in [-0.2, 0) is 6.61 Å². The van der Waals surface area contributed by atoms with Crippen LogP contribution in [-0.4, -0.2) is 11.7 Å². The van der Waals surface area contributed by atoms with Crippen molar-refractivity contribution in [1.29, 1.82) is 5.26 Å². The predicted octanol–water partition coefficient (Wildman–Crippen LogP) is 1.47. The third-order valence-corrected chi connectivity index (χ3v) is 1.56. The molecule has 0 amide bonds. The van der Waals surface area contributed by atoms with Crippen LogP contribution in [0.2, 0.25) is 0 Å². The standard InChI is InChI=1S/C10H11NO2/c11-5-2-6-13-10-4-1-3-9(7-10)8-12/h1,3-4,7,12H,2,6,8H2. The van der Waals surface area contributed by atoms with E-state index in [1.165, 1.54) is 0 Å². The second-order valence-corrected chi connectivity index (χ2v) is 2.56. The molecule has 1 rings (SSSR count). The number of aliphatic hydroxyl groups is 1. The van der Waals surface area contributed by atoms with Crippen molar-refractivity contribution in [1.82, 2.24) is 0 Å². The molecule has 0 spiro atoms. The average molecular weight is 177 g/mol. The summed E-state index contributed by atoms with van der Waals surface area (Å²) in [5.41, 5.74) is 0.814. The van der Waals surface area contributed by atoms with Crippen molar-refractivity contribution in [3.8, 4) is 11.8 Å². The molecule has 13 heavy (non-hydrogen) atoms. The van der Waals surface area contributed by atoms with Crippen molar-refractivity contribution in [2.45, 2.75) is 13.0 Å². The van der Waals surface area contributed by atoms with Gasteiger partial charge in [0.15, 0.2) is 0 Å². The first-order chi connectivity index (χ1) is 6.36. The second kappa shape index (κ2) is 5.18. The Morgan fingerprint density at radius 1 is 1.46 bits per heavy atom. The summed E-state index contributed by atoms with van der Waals surface area (Å²) in [5.74, 6) is 0.696. The average Bonchev–Trinajstić information content (AvgIpc) is 2.19. The minimum Gasteiger partial charge on any atom is -0.493 e. The number of ether oxygens (including phenoxy) is 1. The Bertz CT molecular complexity index is 304. The Kier molecular flexibility index (Phi) is 3.80. The molecule has 0 heterocycles. The number of hydrogen-bond donors (Lipinski definition) is 1. The lowest BCUT2D eigenvalue weighted by Gasteiger charge is -2.04. The van der Waals surface area contributed by atoms with Gasteiger partial charge in [-0.1, -0.05) is 12.1 Å². The molecule has 1 N–H and O–H groups in total. The summed E-state index contributed by atoms with van der Waals surface area (Å²) >= 11 is 0. The van der Waals surface area contributed by atoms with E-state index in [1.807, 2.05) is 18.2 Å². The summed E-state index contributed by atoms with van der Waals surface area (Å²) in [5, 5.41) is 17.1. The molecule has 3 nitrogen and oxygen atoms in total. The Morgan fingerprint density at radius 2 is 2.31 bits per heavy atom. The lowest BCUT2D eigenvalue weighted by Crippen LogP contribution is -1.96. The van der Waals surface area contributed by atoms with E-state index in [1.54, 1.807) is 12.1 Å². The number of nitriles is 1. The van der Waals surface area contributed by atoms with Crippen LogP contribution >= 0.6 is 0 Å². The maximum Gasteiger partial charge on any atom is 0.119 e. The van der Waals surface area contributed by atoms with Crippen LogP contribution in [0, 0.1) is 11.3 Å². The highest BCUT2D eigenvalue weighted by molar-refractivity contribution is 5.27. The van der Waals surface area contributed by atoms with Gasteiger partial charge in [-0.05, 0) is 17.7 Å². The van der Waals surface area contributed by atoms with Crippen molar-refractivity contribution in [3.63, 3.8) is 0 Å². The minimum atomic E-state index is 0.00937. The normalized spacial score (nSPS) is 9.23. The van der Waals surface area contributed by atoms with Crippen molar-refractivity contribution >= 4 is 0 Å². The summed E-state index contributed by atoms with van der Waals surface area (Å²) in [6.45, 7) is 0.404. The SMILES string of the molecule is N#CCCOc1cccc(CO)c1. The lowest BCUT2D eigenvalue weighted by molar-refractivity contribution is 0.279. The molecular weight excluding hydrogens is 166 g/mol. The molecule has 3 heteroatoms. The smallest absolute Gasteiger partial charge is 0.119 e. The Hall–Kier alpha value is -1.53. The van der Waals surface area contributed by atoms with Gasteiger partial charge in [0.25, 0.3) is 0 Å². The van der Waals surface area contributed by atoms with Gasteiger partial charge in [0.1, 0.15) is 12.4 Å². The number of aliphatic hydroxyl groups excluding tert-OH is 1. The molecule has 0 fully saturated rings. The van der Waals surface area contributed by atoms with Crippen LogP contribution in [0.4, 0.5) is 0 Å². The first-order valence-electron chi connectivity index (χ1n) is 4.06. The number of hydrogen-bond acceptors (Lipinski definition) is 3. The number of benzene rings is 1. The Balaban J connectivity index is 2.52. The maximum atomic E-state index is 8.83. The fraction of sp³-hybridized carbons (Fsp3) is 0.300. The van der Waals surface area contributed by atoms with Crippen LogP contribution in [0.3, 0.4) is 0 Å². The zero-order valence-corrected chi connectivity index (χ0v) is 7.23. The van der Waals surface area contributed by atoms with Crippen LogP contribution in [0.5, 0.6) is 5.75 Å². The predicted molar refractivity (Wildman–Crippen MR) is 48.1 cm³/mol. The molecule has 0 radical (unpaired) electrons. The van der Waals surface area contributed by atoms with Gasteiger partial charge in [-0.3, -0.25) is 0 Å². The van der Waals surface area contributed by atoms with Crippen LogP contribution in [0.15, 0.2) is 24.3 Å². The highest BCUT2D eigenvalue weighted by atomic mass is 16.5. The van der Waals surface area contributed by atoms with Crippen LogP contribution < -0.4 is 4.74 Å². The summed E-state index contributed by atoms with van der Waals surface area (Å²) in [6.07, 6.45) is 0.378. The van der Waals surface area contributed by atoms with E-state index in [9.17, 15) is 0 Å². The third kappa shape index (κ3) is 3.14. The molecular formula is C10H11NO2. The van der Waals surface area contributed by atoms with E-state index >= 15 is 0 Å². The van der Waals surface area contributed by atoms with Crippen molar-refractivity contribution in [3.05, 3.63) is 29.8 Å². The summed E-state index contributed by atoms with van der Waals surface area (Å²) in [7, 11) is 0. The van der Waals surface area contributed by atoms with Crippen molar-refractivity contribution in [2.24, 2.45) is 0 Å². The van der Waals surface area contributed by atoms with E-state index in [0.717, 1.165) is 5.56 Å². The molecule has 0 unspecified atom stereocenters. The van der Waals surface area contributed by atoms with Gasteiger partial charge in [-0.25, -0.2) is 0 Å². The molecule has 0 aliphatic carbocycles. The van der Waals surface area contributed by atoms with Gasteiger partial charge in [0.2, 0.25) is 0 Å². The quantitative estimate of drug-likeness (QED) is 0.708. The van der Waals surface area contributed by atoms with Gasteiger partial charge < -0.3 is 9.84 Å². The molecule has 0 aliphatic rings. The largest absolute Gasteiger partial charge is 0.493 e. The van der Waals surface area contributed by atoms with Crippen LogP contribution in [0.25, 0.3) is 0 Å². The first kappa shape index (κ1) is 9.56. The van der Waals surface area contributed by atoms with Gasteiger partial charge in [-0.2, -0.15) is 5.26 Å². The van der Waals surface area contributed by atoms with Gasteiger partial charge in [0, 0.05) is 0 Å². The summed E-state index contributed by atoms with van der Waals surface area (Å²) in [4.78, 5) is 0. The molecule has 0 aliphatic heterocycles. The molecule has 0 bridgehead atoms. The highest BCUT2D eigenvalue weighted by Gasteiger charge is 1.94. The van der Waals surface area contributed by atoms with E-state index in [4.69, 9.17) is 15.1 Å². The molecule has 68 valence electrons. The lowest BCUT2D eigenvalue weighted by atomic mass is 10.2. The van der Waals surface area contributed by atoms with E-state index in [-0.39, 0.29) is 6.61 Å². The third-order valence-electron chi connectivity index (χ3n) is 1.56. The van der Waals surface area contributed by atoms with Gasteiger partial charge in [0.05, 0.1) is 19.1 Å². The van der Waals surface area contributed by atoms with Gasteiger partial charge in [-0.15, -0.1) is 0 Å². The minimum absolute atomic E-state index is 0.00937. The fourth-order valence-electron chi connectivity index (χ4n) is 0.948. The molecule has 0 atom stereocenters. The monoisotopic (exact) mass is 177 g/mol. The fourth-order valence-corrected chi connectivity index (χ4v) is 0.948. The summed E-state index contributed by atoms with van der Waals surface area (Å²) in [6, 6.07) is 9.18. The van der Waals surface area contributed by atoms with Crippen molar-refractivity contribution < 1.29 is 9.84 Å². The maximum absolute atomic E-state index is 8.83. The van der Waals surface area contributed by atoms with E-state index in [2.05, 4.69) is 0 Å². The highest BCUT2D eigenvalue weighted by Crippen LogP contribution is 2.13. The summed E-state index contributed by atoms with van der Waals surface area (Å²) < 4.78 is 5.26. The molecule has 1 aromatic rings. The molecule has 0 aromatic heterocycles. The van der Waals surface area contributed by atoms with Gasteiger partial charge >= 0.3 is 0 Å². The molecule has 1 aromatic carbocycles. The Morgan fingerprint density at radius 3 is 3.00 bits per heavy atom. The first-order valence-corrected chi connectivity index (χ1v) is 4.06. The molecule has 0 saturated heterocycles. The van der Waals surface area contributed by atoms with E-state index < -0.39 is 0 Å². The Labute approximate surface area is 77.2 Å². The number of rotatable bonds is 4.